The fraction of sp³-hybridized carbons (Fsp3) is 0.571. The van der Waals surface area contributed by atoms with E-state index in [0.717, 1.165) is 5.69 Å². The zero-order chi connectivity index (χ0) is 13.8. The first-order chi connectivity index (χ1) is 9.13. The van der Waals surface area contributed by atoms with Gasteiger partial charge in [0.1, 0.15) is 5.69 Å². The Bertz CT molecular complexity index is 461. The van der Waals surface area contributed by atoms with E-state index < -0.39 is 0 Å². The molecule has 1 saturated carbocycles. The summed E-state index contributed by atoms with van der Waals surface area (Å²) in [4.78, 5) is 6.41. The van der Waals surface area contributed by atoms with Crippen molar-refractivity contribution in [3.63, 3.8) is 0 Å². The van der Waals surface area contributed by atoms with Crippen LogP contribution in [-0.2, 0) is 0 Å². The van der Waals surface area contributed by atoms with Gasteiger partial charge in [-0.15, -0.1) is 0 Å². The summed E-state index contributed by atoms with van der Waals surface area (Å²) in [5.41, 5.74) is 7.16. The molecular weight excluding hydrogens is 240 g/mol. The van der Waals surface area contributed by atoms with Crippen molar-refractivity contribution in [1.82, 2.24) is 4.98 Å². The zero-order valence-corrected chi connectivity index (χ0v) is 11.6. The fourth-order valence-corrected chi connectivity index (χ4v) is 2.89. The number of rotatable bonds is 3. The lowest BCUT2D eigenvalue weighted by molar-refractivity contribution is 0.318. The van der Waals surface area contributed by atoms with E-state index in [2.05, 4.69) is 29.0 Å². The molecule has 0 bridgehead atoms. The maximum absolute atomic E-state index is 8.72. The molecule has 1 aromatic rings. The Hall–Kier alpha value is -1.78. The summed E-state index contributed by atoms with van der Waals surface area (Å²) in [7, 11) is 2.11. The Morgan fingerprint density at radius 1 is 1.47 bits per heavy atom. The number of anilines is 1. The molecule has 1 aliphatic rings. The highest BCUT2D eigenvalue weighted by molar-refractivity contribution is 5.95. The van der Waals surface area contributed by atoms with Gasteiger partial charge in [-0.05, 0) is 30.9 Å². The number of hydrogen-bond acceptors (Lipinski definition) is 4. The van der Waals surface area contributed by atoms with Crippen LogP contribution in [0.3, 0.4) is 0 Å². The molecule has 0 saturated heterocycles. The lowest BCUT2D eigenvalue weighted by Gasteiger charge is -2.37. The second-order valence-electron chi connectivity index (χ2n) is 5.32. The molecule has 1 aliphatic carbocycles. The Morgan fingerprint density at radius 3 is 2.89 bits per heavy atom. The van der Waals surface area contributed by atoms with Gasteiger partial charge in [0.05, 0.1) is 0 Å². The molecule has 0 aromatic carbocycles. The molecule has 5 heteroatoms. The average molecular weight is 262 g/mol. The Labute approximate surface area is 114 Å². The van der Waals surface area contributed by atoms with E-state index in [9.17, 15) is 0 Å². The van der Waals surface area contributed by atoms with E-state index in [1.165, 1.54) is 25.7 Å². The first-order valence-electron chi connectivity index (χ1n) is 6.80. The predicted octanol–water partition coefficient (Wildman–Crippen LogP) is 2.19. The van der Waals surface area contributed by atoms with Crippen LogP contribution in [0.2, 0.25) is 0 Å². The SMILES string of the molecule is CC1CCCCC1N(C)c1ccnc(C(N)=NO)c1. The monoisotopic (exact) mass is 262 g/mol. The molecule has 0 spiro atoms. The molecule has 0 amide bonds. The lowest BCUT2D eigenvalue weighted by Crippen LogP contribution is -2.39. The van der Waals surface area contributed by atoms with E-state index in [4.69, 9.17) is 10.9 Å². The van der Waals surface area contributed by atoms with Crippen molar-refractivity contribution < 1.29 is 5.21 Å². The minimum Gasteiger partial charge on any atom is -0.409 e. The Kier molecular flexibility index (Phi) is 4.24. The zero-order valence-electron chi connectivity index (χ0n) is 11.6. The topological polar surface area (TPSA) is 74.7 Å². The molecule has 2 rings (SSSR count). The largest absolute Gasteiger partial charge is 0.409 e. The molecule has 0 aliphatic heterocycles. The van der Waals surface area contributed by atoms with E-state index in [0.29, 0.717) is 17.7 Å². The summed E-state index contributed by atoms with van der Waals surface area (Å²) in [6, 6.07) is 4.39. The predicted molar refractivity (Wildman–Crippen MR) is 76.6 cm³/mol. The average Bonchev–Trinajstić information content (AvgIpc) is 2.46. The molecule has 2 unspecified atom stereocenters. The molecule has 3 N–H and O–H groups in total. The fourth-order valence-electron chi connectivity index (χ4n) is 2.89. The highest BCUT2D eigenvalue weighted by atomic mass is 16.4. The van der Waals surface area contributed by atoms with E-state index >= 15 is 0 Å². The number of pyridine rings is 1. The van der Waals surface area contributed by atoms with Gasteiger partial charge >= 0.3 is 0 Å². The smallest absolute Gasteiger partial charge is 0.188 e. The van der Waals surface area contributed by atoms with Crippen LogP contribution in [0.15, 0.2) is 23.5 Å². The maximum Gasteiger partial charge on any atom is 0.188 e. The first-order valence-corrected chi connectivity index (χ1v) is 6.80. The maximum atomic E-state index is 8.72. The van der Waals surface area contributed by atoms with Crippen LogP contribution in [0.4, 0.5) is 5.69 Å². The third kappa shape index (κ3) is 2.97. The molecule has 1 heterocycles. The van der Waals surface area contributed by atoms with Gasteiger partial charge in [-0.1, -0.05) is 24.9 Å². The molecule has 5 nitrogen and oxygen atoms in total. The van der Waals surface area contributed by atoms with Gasteiger partial charge in [-0.25, -0.2) is 0 Å². The van der Waals surface area contributed by atoms with Crippen LogP contribution in [0.25, 0.3) is 0 Å². The number of nitrogens with two attached hydrogens (primary N) is 1. The minimum atomic E-state index is 0.0481. The summed E-state index contributed by atoms with van der Waals surface area (Å²) in [6.07, 6.45) is 6.83. The Balaban J connectivity index is 2.21. The van der Waals surface area contributed by atoms with Gasteiger partial charge in [-0.2, -0.15) is 0 Å². The number of nitrogens with zero attached hydrogens (tertiary/aromatic N) is 3. The van der Waals surface area contributed by atoms with Crippen molar-refractivity contribution in [3.8, 4) is 0 Å². The van der Waals surface area contributed by atoms with Crippen molar-refractivity contribution in [3.05, 3.63) is 24.0 Å². The normalized spacial score (nSPS) is 24.2. The summed E-state index contributed by atoms with van der Waals surface area (Å²) in [6.45, 7) is 2.31. The van der Waals surface area contributed by atoms with Crippen LogP contribution in [-0.4, -0.2) is 29.1 Å². The van der Waals surface area contributed by atoms with Gasteiger partial charge in [0.15, 0.2) is 5.84 Å². The third-order valence-corrected chi connectivity index (χ3v) is 4.08. The molecule has 1 fully saturated rings. The van der Waals surface area contributed by atoms with Crippen molar-refractivity contribution in [2.75, 3.05) is 11.9 Å². The van der Waals surface area contributed by atoms with Crippen LogP contribution < -0.4 is 10.6 Å². The highest BCUT2D eigenvalue weighted by Gasteiger charge is 2.25. The van der Waals surface area contributed by atoms with E-state index in [1.54, 1.807) is 6.20 Å². The molecule has 2 atom stereocenters. The third-order valence-electron chi connectivity index (χ3n) is 4.08. The van der Waals surface area contributed by atoms with Gasteiger partial charge in [0.25, 0.3) is 0 Å². The molecule has 19 heavy (non-hydrogen) atoms. The van der Waals surface area contributed by atoms with E-state index in [-0.39, 0.29) is 5.84 Å². The quantitative estimate of drug-likeness (QED) is 0.379. The van der Waals surface area contributed by atoms with Crippen LogP contribution in [0.5, 0.6) is 0 Å². The molecular formula is C14H22N4O. The lowest BCUT2D eigenvalue weighted by atomic mass is 9.85. The summed E-state index contributed by atoms with van der Waals surface area (Å²) >= 11 is 0. The van der Waals surface area contributed by atoms with Crippen LogP contribution in [0.1, 0.15) is 38.3 Å². The summed E-state index contributed by atoms with van der Waals surface area (Å²) in [5.74, 6) is 0.742. The van der Waals surface area contributed by atoms with Crippen molar-refractivity contribution in [1.29, 1.82) is 0 Å². The molecule has 0 radical (unpaired) electrons. The summed E-state index contributed by atoms with van der Waals surface area (Å²) in [5, 5.41) is 11.7. The van der Waals surface area contributed by atoms with Gasteiger partial charge < -0.3 is 15.8 Å². The second kappa shape index (κ2) is 5.91. The van der Waals surface area contributed by atoms with Gasteiger partial charge in [-0.3, -0.25) is 4.98 Å². The van der Waals surface area contributed by atoms with Crippen LogP contribution in [0, 0.1) is 5.92 Å². The van der Waals surface area contributed by atoms with E-state index in [1.807, 2.05) is 12.1 Å². The van der Waals surface area contributed by atoms with Crippen molar-refractivity contribution in [2.24, 2.45) is 16.8 Å². The number of aromatic nitrogens is 1. The van der Waals surface area contributed by atoms with Crippen molar-refractivity contribution in [2.45, 2.75) is 38.6 Å². The van der Waals surface area contributed by atoms with Gasteiger partial charge in [0.2, 0.25) is 0 Å². The van der Waals surface area contributed by atoms with Gasteiger partial charge in [0, 0.05) is 25.0 Å². The standard InChI is InChI=1S/C14H22N4O/c1-10-5-3-4-6-13(10)18(2)11-7-8-16-12(9-11)14(15)17-19/h7-10,13,19H,3-6H2,1-2H3,(H2,15,17). The van der Waals surface area contributed by atoms with Crippen molar-refractivity contribution >= 4 is 11.5 Å². The molecule has 1 aromatic heterocycles. The first kappa shape index (κ1) is 13.6. The highest BCUT2D eigenvalue weighted by Crippen LogP contribution is 2.30. The van der Waals surface area contributed by atoms with Crippen LogP contribution >= 0.6 is 0 Å². The number of oxime groups is 1. The molecule has 104 valence electrons. The summed E-state index contributed by atoms with van der Waals surface area (Å²) < 4.78 is 0. The minimum absolute atomic E-state index is 0.0481. The number of amidine groups is 1. The second-order valence-corrected chi connectivity index (χ2v) is 5.32. The Morgan fingerprint density at radius 2 is 2.21 bits per heavy atom. The number of hydrogen-bond donors (Lipinski definition) is 2.